The Labute approximate surface area is 120 Å². The molecule has 0 saturated carbocycles. The molecule has 2 aromatic rings. The van der Waals surface area contributed by atoms with Gasteiger partial charge in [0.25, 0.3) is 5.56 Å². The highest BCUT2D eigenvalue weighted by atomic mass is 16.1. The number of nitrogens with two attached hydrogens (primary N) is 1. The molecular formula is C17H22N2O. The minimum absolute atomic E-state index is 0.0203. The normalized spacial score (nSPS) is 10.8. The number of hydrogen-bond donors (Lipinski definition) is 1. The number of aryl methyl sites for hydroxylation is 4. The van der Waals surface area contributed by atoms with Crippen LogP contribution in [0.25, 0.3) is 0 Å². The third kappa shape index (κ3) is 2.68. The van der Waals surface area contributed by atoms with Gasteiger partial charge in [-0.1, -0.05) is 23.8 Å². The molecule has 0 aliphatic carbocycles. The fourth-order valence-electron chi connectivity index (χ4n) is 2.69. The van der Waals surface area contributed by atoms with E-state index in [9.17, 15) is 4.79 Å². The van der Waals surface area contributed by atoms with Crippen LogP contribution >= 0.6 is 0 Å². The SMILES string of the molecule is Cc1cc(C)c(Cn2c(C)ccc(CN)c2=O)c(C)c1. The molecular weight excluding hydrogens is 248 g/mol. The summed E-state index contributed by atoms with van der Waals surface area (Å²) in [6, 6.07) is 8.11. The molecule has 1 heterocycles. The monoisotopic (exact) mass is 270 g/mol. The van der Waals surface area contributed by atoms with Crippen LogP contribution in [0.1, 0.15) is 33.5 Å². The van der Waals surface area contributed by atoms with E-state index in [1.165, 1.54) is 22.3 Å². The Hall–Kier alpha value is -1.87. The number of rotatable bonds is 3. The predicted molar refractivity (Wildman–Crippen MR) is 83.1 cm³/mol. The van der Waals surface area contributed by atoms with Crippen molar-refractivity contribution < 1.29 is 0 Å². The maximum Gasteiger partial charge on any atom is 0.255 e. The van der Waals surface area contributed by atoms with Crippen molar-refractivity contribution in [2.45, 2.75) is 40.8 Å². The second kappa shape index (κ2) is 5.63. The molecule has 0 bridgehead atoms. The first-order valence-electron chi connectivity index (χ1n) is 6.90. The van der Waals surface area contributed by atoms with Crippen LogP contribution in [0.15, 0.2) is 29.1 Å². The summed E-state index contributed by atoms with van der Waals surface area (Å²) in [5, 5.41) is 0. The molecule has 1 aromatic carbocycles. The molecule has 0 radical (unpaired) electrons. The van der Waals surface area contributed by atoms with E-state index in [4.69, 9.17) is 5.73 Å². The molecule has 0 aliphatic heterocycles. The maximum absolute atomic E-state index is 12.4. The van der Waals surface area contributed by atoms with Gasteiger partial charge in [0.15, 0.2) is 0 Å². The number of aromatic nitrogens is 1. The summed E-state index contributed by atoms with van der Waals surface area (Å²) in [4.78, 5) is 12.4. The third-order valence-corrected chi connectivity index (χ3v) is 3.85. The lowest BCUT2D eigenvalue weighted by atomic mass is 9.99. The lowest BCUT2D eigenvalue weighted by Gasteiger charge is -2.16. The molecule has 106 valence electrons. The first-order chi connectivity index (χ1) is 9.43. The molecule has 2 rings (SSSR count). The summed E-state index contributed by atoms with van der Waals surface area (Å²) in [6.45, 7) is 9.14. The molecule has 1 aromatic heterocycles. The Morgan fingerprint density at radius 1 is 1.05 bits per heavy atom. The smallest absolute Gasteiger partial charge is 0.255 e. The van der Waals surface area contributed by atoms with Gasteiger partial charge in [-0.25, -0.2) is 0 Å². The highest BCUT2D eigenvalue weighted by Gasteiger charge is 2.09. The standard InChI is InChI=1S/C17H22N2O/c1-11-7-12(2)16(13(3)8-11)10-19-14(4)5-6-15(9-18)17(19)20/h5-8H,9-10,18H2,1-4H3. The summed E-state index contributed by atoms with van der Waals surface area (Å²) in [7, 11) is 0. The maximum atomic E-state index is 12.4. The van der Waals surface area contributed by atoms with Gasteiger partial charge in [0, 0.05) is 17.8 Å². The van der Waals surface area contributed by atoms with Crippen LogP contribution < -0.4 is 11.3 Å². The molecule has 3 heteroatoms. The van der Waals surface area contributed by atoms with E-state index in [-0.39, 0.29) is 12.1 Å². The highest BCUT2D eigenvalue weighted by molar-refractivity contribution is 5.38. The van der Waals surface area contributed by atoms with Crippen LogP contribution in [0.2, 0.25) is 0 Å². The van der Waals surface area contributed by atoms with Gasteiger partial charge in [-0.05, 0) is 50.5 Å². The summed E-state index contributed by atoms with van der Waals surface area (Å²) in [6.07, 6.45) is 0. The molecule has 0 fully saturated rings. The highest BCUT2D eigenvalue weighted by Crippen LogP contribution is 2.17. The Morgan fingerprint density at radius 2 is 1.65 bits per heavy atom. The largest absolute Gasteiger partial charge is 0.326 e. The fourth-order valence-corrected chi connectivity index (χ4v) is 2.69. The third-order valence-electron chi connectivity index (χ3n) is 3.85. The molecule has 0 atom stereocenters. The Bertz CT molecular complexity index is 676. The number of hydrogen-bond acceptors (Lipinski definition) is 2. The van der Waals surface area contributed by atoms with Crippen LogP contribution in [0, 0.1) is 27.7 Å². The van der Waals surface area contributed by atoms with Crippen LogP contribution in [0.5, 0.6) is 0 Å². The van der Waals surface area contributed by atoms with Gasteiger partial charge < -0.3 is 10.3 Å². The quantitative estimate of drug-likeness (QED) is 0.932. The van der Waals surface area contributed by atoms with Crippen molar-refractivity contribution in [2.24, 2.45) is 5.73 Å². The Kier molecular flexibility index (Phi) is 4.09. The van der Waals surface area contributed by atoms with E-state index in [1.54, 1.807) is 0 Å². The molecule has 20 heavy (non-hydrogen) atoms. The van der Waals surface area contributed by atoms with Crippen molar-refractivity contribution in [2.75, 3.05) is 0 Å². The summed E-state index contributed by atoms with van der Waals surface area (Å²) in [5.74, 6) is 0. The first kappa shape index (κ1) is 14.5. The second-order valence-electron chi connectivity index (χ2n) is 5.47. The van der Waals surface area contributed by atoms with Crippen molar-refractivity contribution in [3.05, 3.63) is 68.1 Å². The van der Waals surface area contributed by atoms with E-state index in [1.807, 2.05) is 23.6 Å². The average molecular weight is 270 g/mol. The lowest BCUT2D eigenvalue weighted by molar-refractivity contribution is 0.710. The Balaban J connectivity index is 2.53. The first-order valence-corrected chi connectivity index (χ1v) is 6.90. The summed E-state index contributed by atoms with van der Waals surface area (Å²) < 4.78 is 1.81. The van der Waals surface area contributed by atoms with Gasteiger partial charge in [-0.15, -0.1) is 0 Å². The second-order valence-corrected chi connectivity index (χ2v) is 5.47. The summed E-state index contributed by atoms with van der Waals surface area (Å²) in [5.41, 5.74) is 12.2. The van der Waals surface area contributed by atoms with E-state index < -0.39 is 0 Å². The van der Waals surface area contributed by atoms with E-state index in [0.29, 0.717) is 12.1 Å². The molecule has 3 nitrogen and oxygen atoms in total. The van der Waals surface area contributed by atoms with Crippen molar-refractivity contribution in [3.63, 3.8) is 0 Å². The lowest BCUT2D eigenvalue weighted by Crippen LogP contribution is -2.27. The number of benzene rings is 1. The van der Waals surface area contributed by atoms with Crippen molar-refractivity contribution in [1.82, 2.24) is 4.57 Å². The molecule has 0 aliphatic rings. The molecule has 0 saturated heterocycles. The average Bonchev–Trinajstić information content (AvgIpc) is 2.37. The van der Waals surface area contributed by atoms with Crippen molar-refractivity contribution in [3.8, 4) is 0 Å². The van der Waals surface area contributed by atoms with E-state index >= 15 is 0 Å². The van der Waals surface area contributed by atoms with Gasteiger partial charge in [0.1, 0.15) is 0 Å². The van der Waals surface area contributed by atoms with Gasteiger partial charge in [0.2, 0.25) is 0 Å². The number of nitrogens with zero attached hydrogens (tertiary/aromatic N) is 1. The van der Waals surface area contributed by atoms with Gasteiger partial charge in [0.05, 0.1) is 6.54 Å². The molecule has 0 spiro atoms. The minimum Gasteiger partial charge on any atom is -0.326 e. The molecule has 2 N–H and O–H groups in total. The molecule has 0 unspecified atom stereocenters. The predicted octanol–water partition coefficient (Wildman–Crippen LogP) is 2.59. The minimum atomic E-state index is 0.0203. The van der Waals surface area contributed by atoms with Crippen LogP contribution in [-0.2, 0) is 13.1 Å². The van der Waals surface area contributed by atoms with Crippen LogP contribution in [-0.4, -0.2) is 4.57 Å². The zero-order valence-corrected chi connectivity index (χ0v) is 12.7. The van der Waals surface area contributed by atoms with E-state index in [2.05, 4.69) is 32.9 Å². The zero-order valence-electron chi connectivity index (χ0n) is 12.7. The fraction of sp³-hybridized carbons (Fsp3) is 0.353. The zero-order chi connectivity index (χ0) is 14.9. The molecule has 0 amide bonds. The van der Waals surface area contributed by atoms with Crippen molar-refractivity contribution >= 4 is 0 Å². The Morgan fingerprint density at radius 3 is 2.20 bits per heavy atom. The van der Waals surface area contributed by atoms with Gasteiger partial charge in [-0.3, -0.25) is 4.79 Å². The topological polar surface area (TPSA) is 48.0 Å². The van der Waals surface area contributed by atoms with Crippen LogP contribution in [0.4, 0.5) is 0 Å². The summed E-state index contributed by atoms with van der Waals surface area (Å²) >= 11 is 0. The van der Waals surface area contributed by atoms with Gasteiger partial charge in [-0.2, -0.15) is 0 Å². The number of pyridine rings is 1. The van der Waals surface area contributed by atoms with E-state index in [0.717, 1.165) is 5.69 Å². The van der Waals surface area contributed by atoms with Crippen molar-refractivity contribution in [1.29, 1.82) is 0 Å². The van der Waals surface area contributed by atoms with Gasteiger partial charge >= 0.3 is 0 Å². The van der Waals surface area contributed by atoms with Crippen LogP contribution in [0.3, 0.4) is 0 Å².